The summed E-state index contributed by atoms with van der Waals surface area (Å²) in [5.74, 6) is 0. The van der Waals surface area contributed by atoms with Crippen LogP contribution in [-0.2, 0) is 13.0 Å². The maximum Gasteiger partial charge on any atom is 0.0846 e. The molecule has 1 unspecified atom stereocenters. The predicted octanol–water partition coefficient (Wildman–Crippen LogP) is 2.45. The van der Waals surface area contributed by atoms with E-state index in [4.69, 9.17) is 5.73 Å². The van der Waals surface area contributed by atoms with Crippen molar-refractivity contribution in [1.82, 2.24) is 25.2 Å². The first-order chi connectivity index (χ1) is 11.8. The highest BCUT2D eigenvalue weighted by atomic mass is 15.4. The number of rotatable bonds is 5. The lowest BCUT2D eigenvalue weighted by molar-refractivity contribution is 0.648. The summed E-state index contributed by atoms with van der Waals surface area (Å²) in [5.41, 5.74) is 10.4. The van der Waals surface area contributed by atoms with Crippen LogP contribution in [0.1, 0.15) is 22.9 Å². The number of nitrogens with one attached hydrogen (secondary N) is 1. The molecule has 0 aliphatic carbocycles. The van der Waals surface area contributed by atoms with Crippen molar-refractivity contribution in [3.8, 4) is 0 Å². The molecular weight excluding hydrogens is 300 g/mol. The number of nitrogens with two attached hydrogens (primary N) is 1. The summed E-state index contributed by atoms with van der Waals surface area (Å²) < 4.78 is 1.84. The zero-order valence-corrected chi connectivity index (χ0v) is 13.1. The Balaban J connectivity index is 1.46. The van der Waals surface area contributed by atoms with E-state index in [-0.39, 0.29) is 6.04 Å². The lowest BCUT2D eigenvalue weighted by Gasteiger charge is -2.09. The van der Waals surface area contributed by atoms with Gasteiger partial charge in [-0.2, -0.15) is 5.10 Å². The van der Waals surface area contributed by atoms with Gasteiger partial charge >= 0.3 is 0 Å². The average Bonchev–Trinajstić information content (AvgIpc) is 3.24. The first-order valence-electron chi connectivity index (χ1n) is 7.89. The summed E-state index contributed by atoms with van der Waals surface area (Å²) in [5, 5.41) is 16.6. The molecule has 0 saturated carbocycles. The molecule has 120 valence electrons. The van der Waals surface area contributed by atoms with Gasteiger partial charge in [0.15, 0.2) is 0 Å². The topological polar surface area (TPSA) is 85.4 Å². The van der Waals surface area contributed by atoms with Gasteiger partial charge in [-0.15, -0.1) is 5.10 Å². The van der Waals surface area contributed by atoms with Gasteiger partial charge in [0.05, 0.1) is 24.0 Å². The van der Waals surface area contributed by atoms with Crippen molar-refractivity contribution in [1.29, 1.82) is 0 Å². The molecule has 0 spiro atoms. The van der Waals surface area contributed by atoms with Crippen LogP contribution in [0.3, 0.4) is 0 Å². The summed E-state index contributed by atoms with van der Waals surface area (Å²) in [6.07, 6.45) is 4.45. The lowest BCUT2D eigenvalue weighted by atomic mass is 10.0. The maximum absolute atomic E-state index is 6.25. The van der Waals surface area contributed by atoms with Gasteiger partial charge in [-0.1, -0.05) is 47.7 Å². The van der Waals surface area contributed by atoms with E-state index in [1.54, 1.807) is 0 Å². The molecule has 2 aromatic heterocycles. The molecule has 2 aromatic carbocycles. The molecule has 6 nitrogen and oxygen atoms in total. The quantitative estimate of drug-likeness (QED) is 0.592. The van der Waals surface area contributed by atoms with Crippen molar-refractivity contribution in [3.63, 3.8) is 0 Å². The summed E-state index contributed by atoms with van der Waals surface area (Å²) in [7, 11) is 0. The summed E-state index contributed by atoms with van der Waals surface area (Å²) in [6, 6.07) is 16.2. The van der Waals surface area contributed by atoms with Gasteiger partial charge in [0.2, 0.25) is 0 Å². The Kier molecular flexibility index (Phi) is 3.80. The number of hydrogen-bond donors (Lipinski definition) is 2. The van der Waals surface area contributed by atoms with Gasteiger partial charge in [-0.25, -0.2) is 4.68 Å². The first kappa shape index (κ1) is 14.6. The molecule has 24 heavy (non-hydrogen) atoms. The van der Waals surface area contributed by atoms with E-state index in [1.807, 2.05) is 47.4 Å². The van der Waals surface area contributed by atoms with Crippen LogP contribution in [0.4, 0.5) is 0 Å². The Bertz CT molecular complexity index is 940. The van der Waals surface area contributed by atoms with Crippen molar-refractivity contribution < 1.29 is 0 Å². The molecule has 0 bridgehead atoms. The Hall–Kier alpha value is -2.99. The van der Waals surface area contributed by atoms with Gasteiger partial charge in [-0.05, 0) is 17.2 Å². The van der Waals surface area contributed by atoms with Crippen molar-refractivity contribution in [2.24, 2.45) is 5.73 Å². The second-order valence-corrected chi connectivity index (χ2v) is 5.92. The Labute approximate surface area is 139 Å². The molecule has 2 heterocycles. The van der Waals surface area contributed by atoms with Crippen LogP contribution in [-0.4, -0.2) is 25.2 Å². The molecule has 1 atom stereocenters. The largest absolute Gasteiger partial charge is 0.324 e. The third-order valence-corrected chi connectivity index (χ3v) is 4.09. The van der Waals surface area contributed by atoms with Gasteiger partial charge < -0.3 is 5.73 Å². The number of benzene rings is 2. The SMILES string of the molecule is NC(Cc1cn(Cc2ccc3cn[nH]c3c2)nn1)c1ccccc1. The van der Waals surface area contributed by atoms with E-state index in [9.17, 15) is 0 Å². The van der Waals surface area contributed by atoms with Crippen LogP contribution >= 0.6 is 0 Å². The van der Waals surface area contributed by atoms with Crippen LogP contribution in [0.15, 0.2) is 60.9 Å². The van der Waals surface area contributed by atoms with E-state index in [1.165, 1.54) is 0 Å². The van der Waals surface area contributed by atoms with E-state index in [0.717, 1.165) is 27.7 Å². The van der Waals surface area contributed by atoms with Crippen molar-refractivity contribution >= 4 is 10.9 Å². The first-order valence-corrected chi connectivity index (χ1v) is 7.89. The third-order valence-electron chi connectivity index (χ3n) is 4.09. The second kappa shape index (κ2) is 6.25. The smallest absolute Gasteiger partial charge is 0.0846 e. The van der Waals surface area contributed by atoms with Gasteiger partial charge in [-0.3, -0.25) is 5.10 Å². The maximum atomic E-state index is 6.25. The second-order valence-electron chi connectivity index (χ2n) is 5.92. The minimum absolute atomic E-state index is 0.0716. The molecule has 4 rings (SSSR count). The molecule has 0 aliphatic rings. The van der Waals surface area contributed by atoms with Crippen LogP contribution in [0, 0.1) is 0 Å². The van der Waals surface area contributed by atoms with E-state index in [2.05, 4.69) is 38.7 Å². The van der Waals surface area contributed by atoms with Crippen molar-refractivity contribution in [3.05, 3.63) is 77.7 Å². The van der Waals surface area contributed by atoms with E-state index < -0.39 is 0 Å². The van der Waals surface area contributed by atoms with Gasteiger partial charge in [0, 0.05) is 24.0 Å². The molecular formula is C18H18N6. The third kappa shape index (κ3) is 3.04. The number of nitrogens with zero attached hydrogens (tertiary/aromatic N) is 4. The minimum Gasteiger partial charge on any atom is -0.324 e. The highest BCUT2D eigenvalue weighted by Crippen LogP contribution is 2.16. The normalized spacial score (nSPS) is 12.5. The molecule has 0 fully saturated rings. The zero-order valence-electron chi connectivity index (χ0n) is 13.1. The van der Waals surface area contributed by atoms with Gasteiger partial charge in [0.25, 0.3) is 0 Å². The fourth-order valence-electron chi connectivity index (χ4n) is 2.82. The molecule has 0 aliphatic heterocycles. The van der Waals surface area contributed by atoms with Crippen LogP contribution in [0.25, 0.3) is 10.9 Å². The fourth-order valence-corrected chi connectivity index (χ4v) is 2.82. The zero-order chi connectivity index (χ0) is 16.4. The van der Waals surface area contributed by atoms with Crippen molar-refractivity contribution in [2.75, 3.05) is 0 Å². The molecule has 6 heteroatoms. The molecule has 0 saturated heterocycles. The summed E-state index contributed by atoms with van der Waals surface area (Å²) >= 11 is 0. The number of hydrogen-bond acceptors (Lipinski definition) is 4. The monoisotopic (exact) mass is 318 g/mol. The van der Waals surface area contributed by atoms with Crippen LogP contribution in [0.2, 0.25) is 0 Å². The molecule has 3 N–H and O–H groups in total. The molecule has 0 amide bonds. The Morgan fingerprint density at radius 2 is 2.00 bits per heavy atom. The Morgan fingerprint density at radius 1 is 1.12 bits per heavy atom. The highest BCUT2D eigenvalue weighted by molar-refractivity contribution is 5.78. The number of fused-ring (bicyclic) bond motifs is 1. The van der Waals surface area contributed by atoms with E-state index >= 15 is 0 Å². The van der Waals surface area contributed by atoms with Crippen LogP contribution < -0.4 is 5.73 Å². The van der Waals surface area contributed by atoms with Crippen molar-refractivity contribution in [2.45, 2.75) is 19.0 Å². The molecule has 0 radical (unpaired) electrons. The number of aromatic nitrogens is 5. The molecule has 4 aromatic rings. The fraction of sp³-hybridized carbons (Fsp3) is 0.167. The van der Waals surface area contributed by atoms with E-state index in [0.29, 0.717) is 13.0 Å². The summed E-state index contributed by atoms with van der Waals surface area (Å²) in [6.45, 7) is 0.669. The summed E-state index contributed by atoms with van der Waals surface area (Å²) in [4.78, 5) is 0. The Morgan fingerprint density at radius 3 is 2.88 bits per heavy atom. The number of H-pyrrole nitrogens is 1. The van der Waals surface area contributed by atoms with Gasteiger partial charge in [0.1, 0.15) is 0 Å². The predicted molar refractivity (Wildman–Crippen MR) is 92.3 cm³/mol. The minimum atomic E-state index is -0.0716. The number of aromatic amines is 1. The lowest BCUT2D eigenvalue weighted by Crippen LogP contribution is -2.13. The van der Waals surface area contributed by atoms with Crippen LogP contribution in [0.5, 0.6) is 0 Å². The highest BCUT2D eigenvalue weighted by Gasteiger charge is 2.10. The standard InChI is InChI=1S/C18H18N6/c19-17(14-4-2-1-3-5-14)9-16-12-24(23-21-16)11-13-6-7-15-10-20-22-18(15)8-13/h1-8,10,12,17H,9,11,19H2,(H,20,22). The average molecular weight is 318 g/mol.